The zero-order valence-corrected chi connectivity index (χ0v) is 11.7. The molecule has 0 aliphatic carbocycles. The third-order valence-electron chi connectivity index (χ3n) is 3.43. The zero-order chi connectivity index (χ0) is 13.8. The third kappa shape index (κ3) is 3.65. The molecule has 0 radical (unpaired) electrons. The van der Waals surface area contributed by atoms with Gasteiger partial charge < -0.3 is 5.32 Å². The van der Waals surface area contributed by atoms with Gasteiger partial charge in [-0.2, -0.15) is 0 Å². The Balaban J connectivity index is 2.03. The first-order valence-corrected chi connectivity index (χ1v) is 6.61. The molecule has 19 heavy (non-hydrogen) atoms. The van der Waals surface area contributed by atoms with E-state index in [2.05, 4.69) is 44.3 Å². The van der Waals surface area contributed by atoms with Gasteiger partial charge in [-0.3, -0.25) is 0 Å². The molecule has 2 aromatic carbocycles. The minimum atomic E-state index is -0.189. The van der Waals surface area contributed by atoms with E-state index < -0.39 is 0 Å². The number of nitrogens with one attached hydrogen (secondary N) is 1. The van der Waals surface area contributed by atoms with Crippen molar-refractivity contribution in [3.8, 4) is 0 Å². The van der Waals surface area contributed by atoms with E-state index >= 15 is 0 Å². The van der Waals surface area contributed by atoms with Crippen LogP contribution in [0.1, 0.15) is 35.2 Å². The summed E-state index contributed by atoms with van der Waals surface area (Å²) in [6, 6.07) is 13.4. The Morgan fingerprint density at radius 1 is 1.05 bits per heavy atom. The molecule has 1 unspecified atom stereocenters. The molecule has 100 valence electrons. The summed E-state index contributed by atoms with van der Waals surface area (Å²) in [6.45, 7) is 7.14. The lowest BCUT2D eigenvalue weighted by atomic mass is 10.00. The van der Waals surface area contributed by atoms with Gasteiger partial charge in [-0.1, -0.05) is 35.9 Å². The van der Waals surface area contributed by atoms with E-state index in [1.807, 2.05) is 12.1 Å². The van der Waals surface area contributed by atoms with E-state index in [0.717, 1.165) is 12.1 Å². The second-order valence-electron chi connectivity index (χ2n) is 5.09. The van der Waals surface area contributed by atoms with Gasteiger partial charge in [0.05, 0.1) is 0 Å². The minimum Gasteiger partial charge on any atom is -0.306 e. The number of aryl methyl sites for hydroxylation is 2. The minimum absolute atomic E-state index is 0.189. The van der Waals surface area contributed by atoms with Crippen molar-refractivity contribution in [1.29, 1.82) is 0 Å². The summed E-state index contributed by atoms with van der Waals surface area (Å²) in [5.74, 6) is -0.189. The van der Waals surface area contributed by atoms with Crippen molar-refractivity contribution in [2.24, 2.45) is 0 Å². The van der Waals surface area contributed by atoms with Crippen LogP contribution in [0.15, 0.2) is 42.5 Å². The molecule has 0 amide bonds. The molecule has 1 N–H and O–H groups in total. The lowest BCUT2D eigenvalue weighted by molar-refractivity contribution is 0.570. The van der Waals surface area contributed by atoms with Crippen molar-refractivity contribution in [2.45, 2.75) is 33.4 Å². The molecule has 0 heterocycles. The number of hydrogen-bond donors (Lipinski definition) is 1. The second-order valence-corrected chi connectivity index (χ2v) is 5.09. The summed E-state index contributed by atoms with van der Waals surface area (Å²) in [5.41, 5.74) is 4.99. The molecule has 2 rings (SSSR count). The molecule has 0 aromatic heterocycles. The molecule has 0 aliphatic heterocycles. The van der Waals surface area contributed by atoms with E-state index in [0.29, 0.717) is 0 Å². The summed E-state index contributed by atoms with van der Waals surface area (Å²) in [4.78, 5) is 0. The van der Waals surface area contributed by atoms with Crippen LogP contribution in [0.3, 0.4) is 0 Å². The highest BCUT2D eigenvalue weighted by molar-refractivity contribution is 5.32. The normalized spacial score (nSPS) is 12.4. The molecular formula is C17H20FN. The Morgan fingerprint density at radius 3 is 2.42 bits per heavy atom. The average Bonchev–Trinajstić information content (AvgIpc) is 2.40. The highest BCUT2D eigenvalue weighted by Gasteiger charge is 2.08. The SMILES string of the molecule is Cc1ccc(C)c(C(C)NCc2ccc(F)cc2)c1. The maximum atomic E-state index is 12.8. The van der Waals surface area contributed by atoms with Crippen LogP contribution in [0.5, 0.6) is 0 Å². The summed E-state index contributed by atoms with van der Waals surface area (Å²) < 4.78 is 12.8. The van der Waals surface area contributed by atoms with Crippen LogP contribution in [-0.4, -0.2) is 0 Å². The van der Waals surface area contributed by atoms with E-state index in [1.165, 1.54) is 28.8 Å². The molecule has 0 spiro atoms. The van der Waals surface area contributed by atoms with Gasteiger partial charge in [0, 0.05) is 12.6 Å². The number of benzene rings is 2. The van der Waals surface area contributed by atoms with Crippen molar-refractivity contribution < 1.29 is 4.39 Å². The average molecular weight is 257 g/mol. The molecule has 0 aliphatic rings. The Labute approximate surface area is 114 Å². The maximum absolute atomic E-state index is 12.8. The largest absolute Gasteiger partial charge is 0.306 e. The molecule has 1 nitrogen and oxygen atoms in total. The van der Waals surface area contributed by atoms with E-state index in [-0.39, 0.29) is 11.9 Å². The summed E-state index contributed by atoms with van der Waals surface area (Å²) in [6.07, 6.45) is 0. The first kappa shape index (κ1) is 13.8. The molecule has 2 heteroatoms. The number of hydrogen-bond acceptors (Lipinski definition) is 1. The predicted molar refractivity (Wildman–Crippen MR) is 77.6 cm³/mol. The maximum Gasteiger partial charge on any atom is 0.123 e. The Morgan fingerprint density at radius 2 is 1.74 bits per heavy atom. The summed E-state index contributed by atoms with van der Waals surface area (Å²) in [5, 5.41) is 3.48. The molecule has 0 saturated heterocycles. The Bertz CT molecular complexity index is 546. The monoisotopic (exact) mass is 257 g/mol. The Hall–Kier alpha value is -1.67. The summed E-state index contributed by atoms with van der Waals surface area (Å²) in [7, 11) is 0. The van der Waals surface area contributed by atoms with Crippen molar-refractivity contribution in [3.63, 3.8) is 0 Å². The highest BCUT2D eigenvalue weighted by atomic mass is 19.1. The van der Waals surface area contributed by atoms with Crippen LogP contribution < -0.4 is 5.32 Å². The number of rotatable bonds is 4. The van der Waals surface area contributed by atoms with Crippen LogP contribution in [0, 0.1) is 19.7 Å². The lowest BCUT2D eigenvalue weighted by Gasteiger charge is -2.17. The van der Waals surface area contributed by atoms with Crippen molar-refractivity contribution in [1.82, 2.24) is 5.32 Å². The van der Waals surface area contributed by atoms with Crippen LogP contribution in [0.4, 0.5) is 4.39 Å². The first-order valence-electron chi connectivity index (χ1n) is 6.61. The summed E-state index contributed by atoms with van der Waals surface area (Å²) >= 11 is 0. The van der Waals surface area contributed by atoms with Crippen LogP contribution in [0.2, 0.25) is 0 Å². The van der Waals surface area contributed by atoms with E-state index in [1.54, 1.807) is 0 Å². The first-order chi connectivity index (χ1) is 9.06. The van der Waals surface area contributed by atoms with Crippen molar-refractivity contribution >= 4 is 0 Å². The van der Waals surface area contributed by atoms with Gasteiger partial charge in [0.15, 0.2) is 0 Å². The van der Waals surface area contributed by atoms with Gasteiger partial charge in [0.25, 0.3) is 0 Å². The van der Waals surface area contributed by atoms with Gasteiger partial charge in [-0.25, -0.2) is 4.39 Å². The van der Waals surface area contributed by atoms with Gasteiger partial charge in [-0.15, -0.1) is 0 Å². The molecule has 2 aromatic rings. The van der Waals surface area contributed by atoms with Gasteiger partial charge in [0.1, 0.15) is 5.82 Å². The van der Waals surface area contributed by atoms with E-state index in [4.69, 9.17) is 0 Å². The fourth-order valence-corrected chi connectivity index (χ4v) is 2.21. The number of halogens is 1. The standard InChI is InChI=1S/C17H20FN/c1-12-4-5-13(2)17(10-12)14(3)19-11-15-6-8-16(18)9-7-15/h4-10,14,19H,11H2,1-3H3. The zero-order valence-electron chi connectivity index (χ0n) is 11.7. The highest BCUT2D eigenvalue weighted by Crippen LogP contribution is 2.19. The van der Waals surface area contributed by atoms with Crippen LogP contribution in [-0.2, 0) is 6.54 Å². The third-order valence-corrected chi connectivity index (χ3v) is 3.43. The Kier molecular flexibility index (Phi) is 4.33. The van der Waals surface area contributed by atoms with Crippen LogP contribution >= 0.6 is 0 Å². The van der Waals surface area contributed by atoms with Crippen molar-refractivity contribution in [3.05, 3.63) is 70.5 Å². The molecular weight excluding hydrogens is 237 g/mol. The molecule has 0 bridgehead atoms. The predicted octanol–water partition coefficient (Wildman–Crippen LogP) is 4.29. The quantitative estimate of drug-likeness (QED) is 0.861. The van der Waals surface area contributed by atoms with E-state index in [9.17, 15) is 4.39 Å². The fourth-order valence-electron chi connectivity index (χ4n) is 2.21. The van der Waals surface area contributed by atoms with Crippen molar-refractivity contribution in [2.75, 3.05) is 0 Å². The van der Waals surface area contributed by atoms with Gasteiger partial charge >= 0.3 is 0 Å². The molecule has 1 atom stereocenters. The second kappa shape index (κ2) is 5.98. The van der Waals surface area contributed by atoms with Gasteiger partial charge in [-0.05, 0) is 49.6 Å². The van der Waals surface area contributed by atoms with Gasteiger partial charge in [0.2, 0.25) is 0 Å². The lowest BCUT2D eigenvalue weighted by Crippen LogP contribution is -2.19. The topological polar surface area (TPSA) is 12.0 Å². The molecule has 0 fully saturated rings. The molecule has 0 saturated carbocycles. The smallest absolute Gasteiger partial charge is 0.123 e. The van der Waals surface area contributed by atoms with Crippen LogP contribution in [0.25, 0.3) is 0 Å². The fraction of sp³-hybridized carbons (Fsp3) is 0.294.